The van der Waals surface area contributed by atoms with E-state index in [0.29, 0.717) is 18.4 Å². The first-order valence-electron chi connectivity index (χ1n) is 11.5. The molecule has 2 aromatic carbocycles. The molecule has 0 N–H and O–H groups in total. The van der Waals surface area contributed by atoms with Gasteiger partial charge in [0, 0.05) is 63.5 Å². The molecule has 0 spiro atoms. The number of aryl methyl sites for hydroxylation is 1. The Bertz CT molecular complexity index is 1240. The summed E-state index contributed by atoms with van der Waals surface area (Å²) < 4.78 is 0. The Kier molecular flexibility index (Phi) is 7.03. The van der Waals surface area contributed by atoms with Crippen molar-refractivity contribution in [3.05, 3.63) is 83.2 Å². The number of ketones is 1. The topological polar surface area (TPSA) is 77.3 Å². The second-order valence-electron chi connectivity index (χ2n) is 8.73. The van der Waals surface area contributed by atoms with Crippen molar-refractivity contribution in [2.75, 3.05) is 31.1 Å². The number of carbonyl (C=O) groups is 2. The standard InChI is InChI=1S/C28H28N4O2/c1-20-15-24(9-10-30-20)28-8-5-23(16-25(28)19-29)18-27(34)17-22-3-6-26(7-4-22)32-13-11-31(12-14-32)21(2)33/h3-10,15-16H,11-14,17-18H2,1-2H3. The van der Waals surface area contributed by atoms with E-state index in [2.05, 4.69) is 16.0 Å². The number of nitrogens with zero attached hydrogens (tertiary/aromatic N) is 4. The van der Waals surface area contributed by atoms with Crippen LogP contribution in [-0.4, -0.2) is 47.8 Å². The molecule has 0 aliphatic carbocycles. The molecule has 1 fully saturated rings. The summed E-state index contributed by atoms with van der Waals surface area (Å²) >= 11 is 0. The Morgan fingerprint density at radius 3 is 2.26 bits per heavy atom. The minimum Gasteiger partial charge on any atom is -0.368 e. The van der Waals surface area contributed by atoms with E-state index < -0.39 is 0 Å². The lowest BCUT2D eigenvalue weighted by Gasteiger charge is -2.35. The Morgan fingerprint density at radius 2 is 1.62 bits per heavy atom. The van der Waals surface area contributed by atoms with E-state index in [1.54, 1.807) is 13.1 Å². The maximum atomic E-state index is 12.7. The molecule has 0 atom stereocenters. The number of piperazine rings is 1. The highest BCUT2D eigenvalue weighted by Gasteiger charge is 2.19. The first kappa shape index (κ1) is 23.2. The van der Waals surface area contributed by atoms with E-state index in [1.165, 1.54) is 0 Å². The first-order valence-corrected chi connectivity index (χ1v) is 11.5. The molecular formula is C28H28N4O2. The minimum absolute atomic E-state index is 0.110. The van der Waals surface area contributed by atoms with E-state index >= 15 is 0 Å². The van der Waals surface area contributed by atoms with Gasteiger partial charge in [0.2, 0.25) is 5.91 Å². The number of hydrogen-bond acceptors (Lipinski definition) is 5. The van der Waals surface area contributed by atoms with Crippen molar-refractivity contribution in [3.63, 3.8) is 0 Å². The molecule has 2 heterocycles. The highest BCUT2D eigenvalue weighted by Crippen LogP contribution is 2.25. The summed E-state index contributed by atoms with van der Waals surface area (Å²) in [5, 5.41) is 9.64. The molecule has 0 radical (unpaired) electrons. The van der Waals surface area contributed by atoms with Crippen LogP contribution in [-0.2, 0) is 22.4 Å². The van der Waals surface area contributed by atoms with Crippen LogP contribution in [0.1, 0.15) is 29.3 Å². The fourth-order valence-corrected chi connectivity index (χ4v) is 4.38. The number of pyridine rings is 1. The number of benzene rings is 2. The normalized spacial score (nSPS) is 13.4. The van der Waals surface area contributed by atoms with Crippen LogP contribution in [0.2, 0.25) is 0 Å². The second-order valence-corrected chi connectivity index (χ2v) is 8.73. The zero-order chi connectivity index (χ0) is 24.1. The van der Waals surface area contributed by atoms with Gasteiger partial charge in [0.05, 0.1) is 11.6 Å². The van der Waals surface area contributed by atoms with Gasteiger partial charge in [-0.15, -0.1) is 0 Å². The molecule has 0 unspecified atom stereocenters. The van der Waals surface area contributed by atoms with Crippen LogP contribution in [0.15, 0.2) is 60.8 Å². The molecule has 1 aromatic heterocycles. The highest BCUT2D eigenvalue weighted by atomic mass is 16.2. The minimum atomic E-state index is 0.110. The molecule has 6 nitrogen and oxygen atoms in total. The smallest absolute Gasteiger partial charge is 0.219 e. The monoisotopic (exact) mass is 452 g/mol. The predicted octanol–water partition coefficient (Wildman–Crippen LogP) is 3.95. The molecule has 0 saturated carbocycles. The van der Waals surface area contributed by atoms with Gasteiger partial charge in [-0.05, 0) is 59.5 Å². The summed E-state index contributed by atoms with van der Waals surface area (Å²) in [7, 11) is 0. The Balaban J connectivity index is 1.37. The lowest BCUT2D eigenvalue weighted by molar-refractivity contribution is -0.129. The summed E-state index contributed by atoms with van der Waals surface area (Å²) in [6, 6.07) is 19.9. The molecule has 1 aliphatic rings. The number of hydrogen-bond donors (Lipinski definition) is 0. The molecule has 1 aliphatic heterocycles. The first-order chi connectivity index (χ1) is 16.4. The number of carbonyl (C=O) groups excluding carboxylic acids is 2. The van der Waals surface area contributed by atoms with Crippen molar-refractivity contribution >= 4 is 17.4 Å². The van der Waals surface area contributed by atoms with Gasteiger partial charge in [0.15, 0.2) is 0 Å². The lowest BCUT2D eigenvalue weighted by atomic mass is 9.95. The highest BCUT2D eigenvalue weighted by molar-refractivity contribution is 5.84. The maximum absolute atomic E-state index is 12.7. The molecule has 4 rings (SSSR count). The van der Waals surface area contributed by atoms with Crippen molar-refractivity contribution in [2.24, 2.45) is 0 Å². The lowest BCUT2D eigenvalue weighted by Crippen LogP contribution is -2.48. The third-order valence-electron chi connectivity index (χ3n) is 6.24. The van der Waals surface area contributed by atoms with E-state index in [4.69, 9.17) is 0 Å². The molecule has 172 valence electrons. The van der Waals surface area contributed by atoms with Gasteiger partial charge in [-0.1, -0.05) is 24.3 Å². The van der Waals surface area contributed by atoms with Gasteiger partial charge >= 0.3 is 0 Å². The van der Waals surface area contributed by atoms with E-state index in [0.717, 1.165) is 59.8 Å². The average Bonchev–Trinajstić information content (AvgIpc) is 2.84. The number of rotatable bonds is 6. The van der Waals surface area contributed by atoms with Crippen LogP contribution in [0, 0.1) is 18.3 Å². The van der Waals surface area contributed by atoms with Gasteiger partial charge < -0.3 is 9.80 Å². The predicted molar refractivity (Wildman–Crippen MR) is 132 cm³/mol. The Labute approximate surface area is 200 Å². The third-order valence-corrected chi connectivity index (χ3v) is 6.24. The number of amides is 1. The molecule has 3 aromatic rings. The third kappa shape index (κ3) is 5.49. The van der Waals surface area contributed by atoms with Crippen LogP contribution in [0.3, 0.4) is 0 Å². The summed E-state index contributed by atoms with van der Waals surface area (Å²) in [6.45, 7) is 6.63. The maximum Gasteiger partial charge on any atom is 0.219 e. The van der Waals surface area contributed by atoms with Crippen LogP contribution in [0.4, 0.5) is 5.69 Å². The Hall–Kier alpha value is -3.98. The summed E-state index contributed by atoms with van der Waals surface area (Å²) in [6.07, 6.45) is 2.38. The van der Waals surface area contributed by atoms with Gasteiger partial charge in [0.25, 0.3) is 0 Å². The number of Topliss-reactive ketones (excluding diaryl/α,β-unsaturated/α-hetero) is 1. The number of aromatic nitrogens is 1. The van der Waals surface area contributed by atoms with Crippen LogP contribution in [0.25, 0.3) is 11.1 Å². The summed E-state index contributed by atoms with van der Waals surface area (Å²) in [5.41, 5.74) is 6.18. The molecule has 6 heteroatoms. The van der Waals surface area contributed by atoms with Gasteiger partial charge in [-0.25, -0.2) is 0 Å². The number of anilines is 1. The van der Waals surface area contributed by atoms with Gasteiger partial charge in [-0.3, -0.25) is 14.6 Å². The molecule has 0 bridgehead atoms. The van der Waals surface area contributed by atoms with Crippen molar-refractivity contribution < 1.29 is 9.59 Å². The van der Waals surface area contributed by atoms with Crippen molar-refractivity contribution in [2.45, 2.75) is 26.7 Å². The SMILES string of the molecule is CC(=O)N1CCN(c2ccc(CC(=O)Cc3ccc(-c4ccnc(C)c4)c(C#N)c3)cc2)CC1. The number of nitriles is 1. The van der Waals surface area contributed by atoms with E-state index in [-0.39, 0.29) is 11.7 Å². The fourth-order valence-electron chi connectivity index (χ4n) is 4.38. The average molecular weight is 453 g/mol. The Morgan fingerprint density at radius 1 is 0.941 bits per heavy atom. The molecule has 34 heavy (non-hydrogen) atoms. The van der Waals surface area contributed by atoms with Crippen LogP contribution >= 0.6 is 0 Å². The van der Waals surface area contributed by atoms with Crippen LogP contribution in [0.5, 0.6) is 0 Å². The quantitative estimate of drug-likeness (QED) is 0.566. The van der Waals surface area contributed by atoms with Crippen LogP contribution < -0.4 is 4.90 Å². The van der Waals surface area contributed by atoms with Crippen molar-refractivity contribution in [3.8, 4) is 17.2 Å². The zero-order valence-electron chi connectivity index (χ0n) is 19.6. The second kappa shape index (κ2) is 10.3. The summed E-state index contributed by atoms with van der Waals surface area (Å²) in [4.78, 5) is 32.6. The van der Waals surface area contributed by atoms with Gasteiger partial charge in [0.1, 0.15) is 5.78 Å². The molecule has 1 saturated heterocycles. The van der Waals surface area contributed by atoms with Gasteiger partial charge in [-0.2, -0.15) is 5.26 Å². The van der Waals surface area contributed by atoms with Crippen molar-refractivity contribution in [1.82, 2.24) is 9.88 Å². The zero-order valence-corrected chi connectivity index (χ0v) is 19.6. The van der Waals surface area contributed by atoms with Crippen molar-refractivity contribution in [1.29, 1.82) is 5.26 Å². The van der Waals surface area contributed by atoms with E-state index in [1.807, 2.05) is 66.4 Å². The molecule has 1 amide bonds. The molecular weight excluding hydrogens is 424 g/mol. The summed E-state index contributed by atoms with van der Waals surface area (Å²) in [5.74, 6) is 0.233. The van der Waals surface area contributed by atoms with E-state index in [9.17, 15) is 14.9 Å². The largest absolute Gasteiger partial charge is 0.368 e. The fraction of sp³-hybridized carbons (Fsp3) is 0.286.